The third-order valence-corrected chi connectivity index (χ3v) is 4.26. The quantitative estimate of drug-likeness (QED) is 0.892. The standard InChI is InChI=1S/C20H30N4O2/c1-19(2,3)14-8-9-16(15(10-14)20(4,5)6)26-12-18(25)21-11-17-23-22-13-24(17)7/h8-10,13H,11-12H2,1-7H3,(H,21,25). The summed E-state index contributed by atoms with van der Waals surface area (Å²) in [6.07, 6.45) is 1.60. The monoisotopic (exact) mass is 358 g/mol. The molecule has 0 aliphatic rings. The second-order valence-corrected chi connectivity index (χ2v) is 8.63. The lowest BCUT2D eigenvalue weighted by atomic mass is 9.80. The van der Waals surface area contributed by atoms with Crippen LogP contribution in [0.25, 0.3) is 0 Å². The number of carbonyl (C=O) groups is 1. The van der Waals surface area contributed by atoms with Crippen LogP contribution < -0.4 is 10.1 Å². The molecule has 0 saturated carbocycles. The molecule has 0 saturated heterocycles. The summed E-state index contributed by atoms with van der Waals surface area (Å²) in [6, 6.07) is 6.23. The van der Waals surface area contributed by atoms with Gasteiger partial charge in [0.05, 0.1) is 6.54 Å². The lowest BCUT2D eigenvalue weighted by Crippen LogP contribution is -2.30. The number of carbonyl (C=O) groups excluding carboxylic acids is 1. The summed E-state index contributed by atoms with van der Waals surface area (Å²) < 4.78 is 7.61. The minimum absolute atomic E-state index is 0.0319. The van der Waals surface area contributed by atoms with Crippen molar-refractivity contribution < 1.29 is 9.53 Å². The molecule has 26 heavy (non-hydrogen) atoms. The predicted octanol–water partition coefficient (Wildman–Crippen LogP) is 3.11. The van der Waals surface area contributed by atoms with Gasteiger partial charge in [-0.3, -0.25) is 4.79 Å². The third kappa shape index (κ3) is 5.07. The van der Waals surface area contributed by atoms with Gasteiger partial charge in [-0.15, -0.1) is 10.2 Å². The summed E-state index contributed by atoms with van der Waals surface area (Å²) in [6.45, 7) is 13.3. The minimum atomic E-state index is -0.187. The van der Waals surface area contributed by atoms with E-state index in [1.54, 1.807) is 10.9 Å². The zero-order valence-electron chi connectivity index (χ0n) is 16.9. The van der Waals surface area contributed by atoms with Crippen molar-refractivity contribution in [2.75, 3.05) is 6.61 Å². The minimum Gasteiger partial charge on any atom is -0.483 e. The molecule has 1 aromatic heterocycles. The average molecular weight is 358 g/mol. The highest BCUT2D eigenvalue weighted by atomic mass is 16.5. The highest BCUT2D eigenvalue weighted by Gasteiger charge is 2.23. The summed E-state index contributed by atoms with van der Waals surface area (Å²) in [5.41, 5.74) is 2.34. The number of hydrogen-bond donors (Lipinski definition) is 1. The maximum atomic E-state index is 12.1. The lowest BCUT2D eigenvalue weighted by Gasteiger charge is -2.27. The van der Waals surface area contributed by atoms with Gasteiger partial charge in [-0.2, -0.15) is 0 Å². The Morgan fingerprint density at radius 1 is 1.15 bits per heavy atom. The molecule has 1 amide bonds. The first-order valence-electron chi connectivity index (χ1n) is 8.86. The molecular formula is C20H30N4O2. The molecule has 2 rings (SSSR count). The Hall–Kier alpha value is -2.37. The van der Waals surface area contributed by atoms with Crippen molar-refractivity contribution in [2.24, 2.45) is 7.05 Å². The number of rotatable bonds is 5. The van der Waals surface area contributed by atoms with Gasteiger partial charge < -0.3 is 14.6 Å². The molecule has 2 aromatic rings. The molecule has 0 atom stereocenters. The largest absolute Gasteiger partial charge is 0.483 e. The van der Waals surface area contributed by atoms with E-state index in [0.717, 1.165) is 11.3 Å². The Bertz CT molecular complexity index is 767. The molecule has 142 valence electrons. The predicted molar refractivity (Wildman–Crippen MR) is 102 cm³/mol. The van der Waals surface area contributed by atoms with Crippen LogP contribution >= 0.6 is 0 Å². The van der Waals surface area contributed by atoms with E-state index in [1.807, 2.05) is 13.1 Å². The van der Waals surface area contributed by atoms with Crippen molar-refractivity contribution >= 4 is 5.91 Å². The molecule has 6 heteroatoms. The van der Waals surface area contributed by atoms with Crippen molar-refractivity contribution in [3.63, 3.8) is 0 Å². The van der Waals surface area contributed by atoms with Gasteiger partial charge in [0.1, 0.15) is 12.1 Å². The van der Waals surface area contributed by atoms with E-state index in [1.165, 1.54) is 5.56 Å². The van der Waals surface area contributed by atoms with E-state index in [9.17, 15) is 4.79 Å². The molecule has 1 heterocycles. The molecule has 6 nitrogen and oxygen atoms in total. The smallest absolute Gasteiger partial charge is 0.258 e. The first-order valence-corrected chi connectivity index (χ1v) is 8.86. The van der Waals surface area contributed by atoms with Crippen molar-refractivity contribution in [3.05, 3.63) is 41.5 Å². The van der Waals surface area contributed by atoms with Gasteiger partial charge in [0.15, 0.2) is 12.4 Å². The number of amides is 1. The van der Waals surface area contributed by atoms with Crippen LogP contribution in [-0.2, 0) is 29.2 Å². The van der Waals surface area contributed by atoms with Crippen LogP contribution in [0.3, 0.4) is 0 Å². The summed E-state index contributed by atoms with van der Waals surface area (Å²) in [5, 5.41) is 10.5. The second-order valence-electron chi connectivity index (χ2n) is 8.63. The van der Waals surface area contributed by atoms with Gasteiger partial charge in [0, 0.05) is 7.05 Å². The van der Waals surface area contributed by atoms with E-state index in [4.69, 9.17) is 4.74 Å². The number of ether oxygens (including phenoxy) is 1. The van der Waals surface area contributed by atoms with Gasteiger partial charge in [0.25, 0.3) is 5.91 Å². The Morgan fingerprint density at radius 3 is 2.38 bits per heavy atom. The number of nitrogens with one attached hydrogen (secondary N) is 1. The first-order chi connectivity index (χ1) is 12.0. The molecule has 0 bridgehead atoms. The highest BCUT2D eigenvalue weighted by molar-refractivity contribution is 5.77. The Balaban J connectivity index is 2.06. The summed E-state index contributed by atoms with van der Waals surface area (Å²) in [7, 11) is 1.84. The van der Waals surface area contributed by atoms with Crippen LogP contribution in [0.15, 0.2) is 24.5 Å². The van der Waals surface area contributed by atoms with E-state index in [0.29, 0.717) is 12.4 Å². The zero-order valence-corrected chi connectivity index (χ0v) is 16.9. The molecule has 0 aliphatic carbocycles. The van der Waals surface area contributed by atoms with Crippen molar-refractivity contribution in [3.8, 4) is 5.75 Å². The number of aromatic nitrogens is 3. The lowest BCUT2D eigenvalue weighted by molar-refractivity contribution is -0.123. The van der Waals surface area contributed by atoms with Crippen LogP contribution in [0.5, 0.6) is 5.75 Å². The van der Waals surface area contributed by atoms with E-state index in [-0.39, 0.29) is 23.3 Å². The topological polar surface area (TPSA) is 69.0 Å². The van der Waals surface area contributed by atoms with Gasteiger partial charge >= 0.3 is 0 Å². The van der Waals surface area contributed by atoms with Crippen LogP contribution in [0, 0.1) is 0 Å². The summed E-state index contributed by atoms with van der Waals surface area (Å²) >= 11 is 0. The average Bonchev–Trinajstić information content (AvgIpc) is 2.94. The second kappa shape index (κ2) is 7.48. The fraction of sp³-hybridized carbons (Fsp3) is 0.550. The van der Waals surface area contributed by atoms with E-state index < -0.39 is 0 Å². The number of nitrogens with zero attached hydrogens (tertiary/aromatic N) is 3. The number of benzene rings is 1. The van der Waals surface area contributed by atoms with Crippen molar-refractivity contribution in [1.29, 1.82) is 0 Å². The van der Waals surface area contributed by atoms with Crippen LogP contribution in [0.4, 0.5) is 0 Å². The maximum absolute atomic E-state index is 12.1. The number of aryl methyl sites for hydroxylation is 1. The first kappa shape index (κ1) is 19.9. The van der Waals surface area contributed by atoms with Gasteiger partial charge in [0.2, 0.25) is 0 Å². The van der Waals surface area contributed by atoms with E-state index >= 15 is 0 Å². The van der Waals surface area contributed by atoms with Crippen LogP contribution in [-0.4, -0.2) is 27.3 Å². The molecule has 0 aliphatic heterocycles. The normalized spacial score (nSPS) is 12.1. The molecule has 0 unspecified atom stereocenters. The molecular weight excluding hydrogens is 328 g/mol. The Morgan fingerprint density at radius 2 is 1.85 bits per heavy atom. The van der Waals surface area contributed by atoms with Gasteiger partial charge in [-0.05, 0) is 28.0 Å². The summed E-state index contributed by atoms with van der Waals surface area (Å²) in [5.74, 6) is 1.26. The molecule has 1 N–H and O–H groups in total. The van der Waals surface area contributed by atoms with Crippen molar-refractivity contribution in [1.82, 2.24) is 20.1 Å². The molecule has 0 fully saturated rings. The Kier molecular flexibility index (Phi) is 5.74. The maximum Gasteiger partial charge on any atom is 0.258 e. The summed E-state index contributed by atoms with van der Waals surface area (Å²) in [4.78, 5) is 12.1. The molecule has 0 spiro atoms. The van der Waals surface area contributed by atoms with Crippen LogP contribution in [0.1, 0.15) is 58.5 Å². The van der Waals surface area contributed by atoms with Crippen molar-refractivity contribution in [2.45, 2.75) is 58.9 Å². The van der Waals surface area contributed by atoms with Gasteiger partial charge in [-0.25, -0.2) is 0 Å². The van der Waals surface area contributed by atoms with E-state index in [2.05, 4.69) is 69.2 Å². The third-order valence-electron chi connectivity index (χ3n) is 4.26. The zero-order chi connectivity index (χ0) is 19.5. The fourth-order valence-electron chi connectivity index (χ4n) is 2.55. The highest BCUT2D eigenvalue weighted by Crippen LogP contribution is 2.35. The van der Waals surface area contributed by atoms with Crippen LogP contribution in [0.2, 0.25) is 0 Å². The Labute approximate surface area is 156 Å². The number of hydrogen-bond acceptors (Lipinski definition) is 4. The molecule has 1 aromatic carbocycles. The molecule has 0 radical (unpaired) electrons. The van der Waals surface area contributed by atoms with Gasteiger partial charge in [-0.1, -0.05) is 53.7 Å². The fourth-order valence-corrected chi connectivity index (χ4v) is 2.55. The SMILES string of the molecule is Cn1cnnc1CNC(=O)COc1ccc(C(C)(C)C)cc1C(C)(C)C.